The SMILES string of the molecule is CCCc1ccc(S(=O)(=O)Nc2cccc(S(=O)(=O)N3CCCCC3)c2)cc1. The fraction of sp³-hybridized carbons (Fsp3) is 0.400. The van der Waals surface area contributed by atoms with Gasteiger partial charge in [-0.05, 0) is 55.2 Å². The van der Waals surface area contributed by atoms with Gasteiger partial charge in [-0.25, -0.2) is 16.8 Å². The Hall–Kier alpha value is -1.90. The van der Waals surface area contributed by atoms with Crippen molar-refractivity contribution in [3.63, 3.8) is 0 Å². The quantitative estimate of drug-likeness (QED) is 0.739. The average molecular weight is 423 g/mol. The van der Waals surface area contributed by atoms with Gasteiger partial charge in [-0.3, -0.25) is 4.72 Å². The number of hydrogen-bond acceptors (Lipinski definition) is 4. The summed E-state index contributed by atoms with van der Waals surface area (Å²) in [6.45, 7) is 3.07. The second-order valence-electron chi connectivity index (χ2n) is 6.99. The van der Waals surface area contributed by atoms with Crippen LogP contribution in [0.5, 0.6) is 0 Å². The molecule has 0 unspecified atom stereocenters. The van der Waals surface area contributed by atoms with E-state index in [0.717, 1.165) is 37.7 Å². The lowest BCUT2D eigenvalue weighted by Gasteiger charge is -2.26. The van der Waals surface area contributed by atoms with E-state index >= 15 is 0 Å². The highest BCUT2D eigenvalue weighted by Gasteiger charge is 2.26. The molecule has 1 aliphatic heterocycles. The van der Waals surface area contributed by atoms with Crippen LogP contribution in [-0.2, 0) is 26.5 Å². The van der Waals surface area contributed by atoms with Crippen LogP contribution < -0.4 is 4.72 Å². The van der Waals surface area contributed by atoms with Gasteiger partial charge in [0.1, 0.15) is 0 Å². The number of hydrogen-bond donors (Lipinski definition) is 1. The number of rotatable bonds is 7. The van der Waals surface area contributed by atoms with Gasteiger partial charge in [-0.15, -0.1) is 0 Å². The number of sulfonamides is 2. The highest BCUT2D eigenvalue weighted by Crippen LogP contribution is 2.24. The molecule has 152 valence electrons. The minimum atomic E-state index is -3.79. The van der Waals surface area contributed by atoms with Crippen molar-refractivity contribution in [2.75, 3.05) is 17.8 Å². The fourth-order valence-electron chi connectivity index (χ4n) is 3.31. The number of anilines is 1. The van der Waals surface area contributed by atoms with Gasteiger partial charge in [0, 0.05) is 13.1 Å². The summed E-state index contributed by atoms with van der Waals surface area (Å²) in [4.78, 5) is 0.254. The Labute approximate surface area is 167 Å². The standard InChI is InChI=1S/C20H26N2O4S2/c1-2-7-17-10-12-19(13-11-17)27(23,24)21-18-8-6-9-20(16-18)28(25,26)22-14-4-3-5-15-22/h6,8-13,16,21H,2-5,7,14-15H2,1H3. The van der Waals surface area contributed by atoms with Crippen LogP contribution >= 0.6 is 0 Å². The predicted molar refractivity (Wildman–Crippen MR) is 110 cm³/mol. The summed E-state index contributed by atoms with van der Waals surface area (Å²) in [6.07, 6.45) is 4.61. The van der Waals surface area contributed by atoms with E-state index in [1.54, 1.807) is 36.4 Å². The summed E-state index contributed by atoms with van der Waals surface area (Å²) in [7, 11) is -7.41. The molecule has 1 aliphatic rings. The van der Waals surface area contributed by atoms with Crippen LogP contribution in [-0.4, -0.2) is 34.2 Å². The van der Waals surface area contributed by atoms with Crippen LogP contribution in [0.25, 0.3) is 0 Å². The van der Waals surface area contributed by atoms with Crippen LogP contribution in [0.3, 0.4) is 0 Å². The second kappa shape index (κ2) is 8.63. The number of nitrogens with zero attached hydrogens (tertiary/aromatic N) is 1. The van der Waals surface area contributed by atoms with Crippen LogP contribution in [0.4, 0.5) is 5.69 Å². The Morgan fingerprint density at radius 2 is 1.57 bits per heavy atom. The zero-order valence-corrected chi connectivity index (χ0v) is 17.6. The van der Waals surface area contributed by atoms with Crippen molar-refractivity contribution >= 4 is 25.7 Å². The van der Waals surface area contributed by atoms with Crippen molar-refractivity contribution in [3.8, 4) is 0 Å². The van der Waals surface area contributed by atoms with Crippen molar-refractivity contribution in [1.82, 2.24) is 4.31 Å². The Kier molecular flexibility index (Phi) is 6.42. The molecule has 3 rings (SSSR count). The summed E-state index contributed by atoms with van der Waals surface area (Å²) in [5.41, 5.74) is 1.31. The molecule has 0 saturated carbocycles. The maximum absolute atomic E-state index is 12.8. The van der Waals surface area contributed by atoms with E-state index in [9.17, 15) is 16.8 Å². The summed E-state index contributed by atoms with van der Waals surface area (Å²) < 4.78 is 54.9. The van der Waals surface area contributed by atoms with E-state index in [1.807, 2.05) is 0 Å². The minimum Gasteiger partial charge on any atom is -0.280 e. The normalized spacial score (nSPS) is 16.0. The molecule has 0 spiro atoms. The van der Waals surface area contributed by atoms with Crippen molar-refractivity contribution in [1.29, 1.82) is 0 Å². The van der Waals surface area contributed by atoms with Gasteiger partial charge in [0.2, 0.25) is 10.0 Å². The molecule has 1 N–H and O–H groups in total. The molecule has 28 heavy (non-hydrogen) atoms. The number of benzene rings is 2. The van der Waals surface area contributed by atoms with Crippen LogP contribution in [0.2, 0.25) is 0 Å². The van der Waals surface area contributed by atoms with Gasteiger partial charge >= 0.3 is 0 Å². The van der Waals surface area contributed by atoms with Gasteiger partial charge in [0.15, 0.2) is 0 Å². The lowest BCUT2D eigenvalue weighted by Crippen LogP contribution is -2.35. The Morgan fingerprint density at radius 3 is 2.21 bits per heavy atom. The van der Waals surface area contributed by atoms with Crippen molar-refractivity contribution in [2.45, 2.75) is 48.8 Å². The molecular formula is C20H26N2O4S2. The molecule has 0 aliphatic carbocycles. The molecule has 6 nitrogen and oxygen atoms in total. The minimum absolute atomic E-state index is 0.105. The molecule has 0 bridgehead atoms. The molecule has 1 saturated heterocycles. The third-order valence-electron chi connectivity index (χ3n) is 4.81. The molecule has 0 radical (unpaired) electrons. The van der Waals surface area contributed by atoms with Gasteiger partial charge in [-0.1, -0.05) is 38.0 Å². The third-order valence-corrected chi connectivity index (χ3v) is 8.10. The van der Waals surface area contributed by atoms with Gasteiger partial charge in [-0.2, -0.15) is 4.31 Å². The highest BCUT2D eigenvalue weighted by atomic mass is 32.2. The summed E-state index contributed by atoms with van der Waals surface area (Å²) in [5.74, 6) is 0. The van der Waals surface area contributed by atoms with Gasteiger partial charge < -0.3 is 0 Å². The Balaban J connectivity index is 1.81. The zero-order valence-electron chi connectivity index (χ0n) is 16.0. The average Bonchev–Trinajstić information content (AvgIpc) is 2.69. The first kappa shape index (κ1) is 20.8. The Morgan fingerprint density at radius 1 is 0.893 bits per heavy atom. The first-order valence-corrected chi connectivity index (χ1v) is 12.5. The van der Waals surface area contributed by atoms with E-state index in [2.05, 4.69) is 11.6 Å². The maximum Gasteiger partial charge on any atom is 0.261 e. The highest BCUT2D eigenvalue weighted by molar-refractivity contribution is 7.92. The monoisotopic (exact) mass is 422 g/mol. The smallest absolute Gasteiger partial charge is 0.261 e. The largest absolute Gasteiger partial charge is 0.280 e. The first-order valence-electron chi connectivity index (χ1n) is 9.55. The van der Waals surface area contributed by atoms with Crippen molar-refractivity contribution in [3.05, 3.63) is 54.1 Å². The number of aryl methyl sites for hydroxylation is 1. The Bertz CT molecular complexity index is 1010. The first-order chi connectivity index (χ1) is 13.3. The summed E-state index contributed by atoms with van der Waals surface area (Å²) >= 11 is 0. The molecule has 0 aromatic heterocycles. The van der Waals surface area contributed by atoms with Crippen LogP contribution in [0.1, 0.15) is 38.2 Å². The molecule has 0 atom stereocenters. The van der Waals surface area contributed by atoms with E-state index in [0.29, 0.717) is 13.1 Å². The van der Waals surface area contributed by atoms with E-state index in [1.165, 1.54) is 16.4 Å². The molecule has 8 heteroatoms. The molecule has 0 amide bonds. The molecule has 2 aromatic carbocycles. The van der Waals surface area contributed by atoms with E-state index < -0.39 is 20.0 Å². The predicted octanol–water partition coefficient (Wildman–Crippen LogP) is 3.61. The van der Waals surface area contributed by atoms with Crippen LogP contribution in [0.15, 0.2) is 58.3 Å². The summed E-state index contributed by atoms with van der Waals surface area (Å²) in [5, 5.41) is 0. The topological polar surface area (TPSA) is 83.5 Å². The number of nitrogens with one attached hydrogen (secondary N) is 1. The lowest BCUT2D eigenvalue weighted by molar-refractivity contribution is 0.346. The number of piperidine rings is 1. The molecule has 1 heterocycles. The van der Waals surface area contributed by atoms with Crippen molar-refractivity contribution < 1.29 is 16.8 Å². The molecule has 2 aromatic rings. The fourth-order valence-corrected chi connectivity index (χ4v) is 5.93. The van der Waals surface area contributed by atoms with Crippen molar-refractivity contribution in [2.24, 2.45) is 0 Å². The molecule has 1 fully saturated rings. The lowest BCUT2D eigenvalue weighted by atomic mass is 10.1. The van der Waals surface area contributed by atoms with E-state index in [4.69, 9.17) is 0 Å². The summed E-state index contributed by atoms with van der Waals surface area (Å²) in [6, 6.07) is 12.7. The van der Waals surface area contributed by atoms with Crippen LogP contribution in [0, 0.1) is 0 Å². The second-order valence-corrected chi connectivity index (χ2v) is 10.6. The van der Waals surface area contributed by atoms with Gasteiger partial charge in [0.05, 0.1) is 15.5 Å². The van der Waals surface area contributed by atoms with Gasteiger partial charge in [0.25, 0.3) is 10.0 Å². The third kappa shape index (κ3) is 4.74. The van der Waals surface area contributed by atoms with E-state index in [-0.39, 0.29) is 15.5 Å². The molecular weight excluding hydrogens is 396 g/mol. The maximum atomic E-state index is 12.8. The zero-order chi connectivity index (χ0) is 20.2.